The Hall–Kier alpha value is -2.56. The number of halogens is 1. The van der Waals surface area contributed by atoms with Crippen molar-refractivity contribution in [3.63, 3.8) is 0 Å². The topological polar surface area (TPSA) is 26.8 Å². The maximum atomic E-state index is 14.0. The summed E-state index contributed by atoms with van der Waals surface area (Å²) in [5.41, 5.74) is 2.90. The van der Waals surface area contributed by atoms with Gasteiger partial charge in [0.2, 0.25) is 0 Å². The summed E-state index contributed by atoms with van der Waals surface area (Å²) in [6, 6.07) is 15.0. The molecule has 0 bridgehead atoms. The molecule has 2 aliphatic heterocycles. The Balaban J connectivity index is 1.45. The van der Waals surface area contributed by atoms with Crippen molar-refractivity contribution < 1.29 is 9.18 Å². The van der Waals surface area contributed by atoms with Gasteiger partial charge in [0.15, 0.2) is 0 Å². The molecule has 2 aliphatic rings. The first-order valence-corrected chi connectivity index (χ1v) is 8.88. The van der Waals surface area contributed by atoms with E-state index in [0.717, 1.165) is 25.1 Å². The molecule has 0 atom stereocenters. The van der Waals surface area contributed by atoms with E-state index < -0.39 is 0 Å². The zero-order valence-corrected chi connectivity index (χ0v) is 14.2. The summed E-state index contributed by atoms with van der Waals surface area (Å²) in [6.45, 7) is 3.31. The van der Waals surface area contributed by atoms with Crippen molar-refractivity contribution in [3.05, 3.63) is 59.9 Å². The van der Waals surface area contributed by atoms with E-state index in [0.29, 0.717) is 31.9 Å². The van der Waals surface area contributed by atoms with Gasteiger partial charge in [-0.15, -0.1) is 0 Å². The van der Waals surface area contributed by atoms with Crippen LogP contribution >= 0.6 is 0 Å². The van der Waals surface area contributed by atoms with Gasteiger partial charge in [-0.3, -0.25) is 4.90 Å². The number of carbonyl (C=O) groups excluding carboxylic acids is 1. The SMILES string of the molecule is O=C(N1CCN(c2ccccc2F)CC1)N1CCCc2ccccc21. The highest BCUT2D eigenvalue weighted by Crippen LogP contribution is 2.28. The number of rotatable bonds is 1. The summed E-state index contributed by atoms with van der Waals surface area (Å²) in [5, 5.41) is 0. The van der Waals surface area contributed by atoms with Crippen molar-refractivity contribution in [2.75, 3.05) is 42.5 Å². The van der Waals surface area contributed by atoms with E-state index in [1.165, 1.54) is 11.6 Å². The lowest BCUT2D eigenvalue weighted by molar-refractivity contribution is 0.200. The van der Waals surface area contributed by atoms with Crippen LogP contribution in [0.5, 0.6) is 0 Å². The average molecular weight is 339 g/mol. The molecule has 4 nitrogen and oxygen atoms in total. The molecule has 0 aliphatic carbocycles. The van der Waals surface area contributed by atoms with Crippen LogP contribution in [0.15, 0.2) is 48.5 Å². The Bertz CT molecular complexity index is 771. The quantitative estimate of drug-likeness (QED) is 0.795. The van der Waals surface area contributed by atoms with Crippen LogP contribution in [0.3, 0.4) is 0 Å². The lowest BCUT2D eigenvalue weighted by Crippen LogP contribution is -2.54. The van der Waals surface area contributed by atoms with Gasteiger partial charge in [0.05, 0.1) is 5.69 Å². The minimum Gasteiger partial charge on any atom is -0.366 e. The summed E-state index contributed by atoms with van der Waals surface area (Å²) in [4.78, 5) is 18.8. The summed E-state index contributed by atoms with van der Waals surface area (Å²) >= 11 is 0. The number of aryl methyl sites for hydroxylation is 1. The van der Waals surface area contributed by atoms with Gasteiger partial charge < -0.3 is 9.80 Å². The number of para-hydroxylation sites is 2. The normalized spacial score (nSPS) is 17.4. The number of hydrogen-bond acceptors (Lipinski definition) is 2. The first kappa shape index (κ1) is 15.9. The number of amides is 2. The number of anilines is 2. The molecule has 130 valence electrons. The predicted octanol–water partition coefficient (Wildman–Crippen LogP) is 3.52. The second-order valence-electron chi connectivity index (χ2n) is 6.59. The molecule has 0 aromatic heterocycles. The molecule has 4 rings (SSSR count). The first-order chi connectivity index (χ1) is 12.2. The van der Waals surface area contributed by atoms with Gasteiger partial charge in [0.25, 0.3) is 0 Å². The average Bonchev–Trinajstić information content (AvgIpc) is 2.67. The van der Waals surface area contributed by atoms with Crippen LogP contribution < -0.4 is 9.80 Å². The standard InChI is InChI=1S/C20H22FN3O/c21-17-8-2-4-10-19(17)22-12-14-23(15-13-22)20(25)24-11-5-7-16-6-1-3-9-18(16)24/h1-4,6,8-10H,5,7,11-15H2. The minimum absolute atomic E-state index is 0.0698. The first-order valence-electron chi connectivity index (χ1n) is 8.88. The molecule has 0 unspecified atom stereocenters. The zero-order chi connectivity index (χ0) is 17.2. The molecule has 1 fully saturated rings. The Morgan fingerprint density at radius 2 is 1.52 bits per heavy atom. The molecule has 2 amide bonds. The monoisotopic (exact) mass is 339 g/mol. The largest absolute Gasteiger partial charge is 0.366 e. The molecule has 25 heavy (non-hydrogen) atoms. The molecule has 2 heterocycles. The van der Waals surface area contributed by atoms with Gasteiger partial charge >= 0.3 is 6.03 Å². The molecule has 0 radical (unpaired) electrons. The van der Waals surface area contributed by atoms with Crippen molar-refractivity contribution in [2.45, 2.75) is 12.8 Å². The highest BCUT2D eigenvalue weighted by atomic mass is 19.1. The number of hydrogen-bond donors (Lipinski definition) is 0. The fraction of sp³-hybridized carbons (Fsp3) is 0.350. The number of benzene rings is 2. The summed E-state index contributed by atoms with van der Waals surface area (Å²) in [7, 11) is 0. The minimum atomic E-state index is -0.202. The lowest BCUT2D eigenvalue weighted by atomic mass is 10.0. The molecule has 0 spiro atoms. The number of carbonyl (C=O) groups is 1. The van der Waals surface area contributed by atoms with Crippen LogP contribution in [0, 0.1) is 5.82 Å². The molecule has 0 N–H and O–H groups in total. The predicted molar refractivity (Wildman–Crippen MR) is 97.7 cm³/mol. The van der Waals surface area contributed by atoms with Gasteiger partial charge in [-0.25, -0.2) is 9.18 Å². The van der Waals surface area contributed by atoms with Crippen LogP contribution in [-0.4, -0.2) is 43.7 Å². The van der Waals surface area contributed by atoms with Crippen LogP contribution in [0.2, 0.25) is 0 Å². The van der Waals surface area contributed by atoms with Crippen molar-refractivity contribution in [1.82, 2.24) is 4.90 Å². The molecular weight excluding hydrogens is 317 g/mol. The second kappa shape index (κ2) is 6.75. The smallest absolute Gasteiger partial charge is 0.324 e. The van der Waals surface area contributed by atoms with Crippen molar-refractivity contribution in [2.24, 2.45) is 0 Å². The number of urea groups is 1. The molecule has 0 saturated carbocycles. The van der Waals surface area contributed by atoms with Gasteiger partial charge in [-0.2, -0.15) is 0 Å². The van der Waals surface area contributed by atoms with Gasteiger partial charge in [-0.1, -0.05) is 30.3 Å². The second-order valence-corrected chi connectivity index (χ2v) is 6.59. The van der Waals surface area contributed by atoms with Gasteiger partial charge in [0.1, 0.15) is 5.82 Å². The van der Waals surface area contributed by atoms with Crippen LogP contribution in [0.25, 0.3) is 0 Å². The van der Waals surface area contributed by atoms with E-state index >= 15 is 0 Å². The zero-order valence-electron chi connectivity index (χ0n) is 14.2. The van der Waals surface area contributed by atoms with Gasteiger partial charge in [0, 0.05) is 38.4 Å². The summed E-state index contributed by atoms with van der Waals surface area (Å²) in [6.07, 6.45) is 2.03. The summed E-state index contributed by atoms with van der Waals surface area (Å²) < 4.78 is 14.0. The lowest BCUT2D eigenvalue weighted by Gasteiger charge is -2.39. The fourth-order valence-electron chi connectivity index (χ4n) is 3.75. The van der Waals surface area contributed by atoms with E-state index in [2.05, 4.69) is 6.07 Å². The Labute approximate surface area is 147 Å². The van der Waals surface area contributed by atoms with Crippen molar-refractivity contribution in [3.8, 4) is 0 Å². The van der Waals surface area contributed by atoms with E-state index in [9.17, 15) is 9.18 Å². The van der Waals surface area contributed by atoms with Crippen LogP contribution in [0.1, 0.15) is 12.0 Å². The molecular formula is C20H22FN3O. The van der Waals surface area contributed by atoms with E-state index in [1.54, 1.807) is 12.1 Å². The molecule has 2 aromatic carbocycles. The van der Waals surface area contributed by atoms with Gasteiger partial charge in [-0.05, 0) is 36.6 Å². The third-order valence-corrected chi connectivity index (χ3v) is 5.08. The Morgan fingerprint density at radius 1 is 0.840 bits per heavy atom. The van der Waals surface area contributed by atoms with Crippen molar-refractivity contribution in [1.29, 1.82) is 0 Å². The van der Waals surface area contributed by atoms with E-state index in [1.807, 2.05) is 39.0 Å². The third kappa shape index (κ3) is 3.06. The summed E-state index contributed by atoms with van der Waals surface area (Å²) in [5.74, 6) is -0.202. The highest BCUT2D eigenvalue weighted by molar-refractivity contribution is 5.93. The maximum absolute atomic E-state index is 14.0. The number of nitrogens with zero attached hydrogens (tertiary/aromatic N) is 3. The number of fused-ring (bicyclic) bond motifs is 1. The Morgan fingerprint density at radius 3 is 2.28 bits per heavy atom. The van der Waals surface area contributed by atoms with Crippen LogP contribution in [0.4, 0.5) is 20.6 Å². The molecule has 5 heteroatoms. The van der Waals surface area contributed by atoms with Crippen molar-refractivity contribution >= 4 is 17.4 Å². The van der Waals surface area contributed by atoms with E-state index in [4.69, 9.17) is 0 Å². The third-order valence-electron chi connectivity index (χ3n) is 5.08. The number of piperazine rings is 1. The molecule has 2 aromatic rings. The highest BCUT2D eigenvalue weighted by Gasteiger charge is 2.29. The van der Waals surface area contributed by atoms with Crippen LogP contribution in [-0.2, 0) is 6.42 Å². The Kier molecular flexibility index (Phi) is 4.30. The molecule has 1 saturated heterocycles. The maximum Gasteiger partial charge on any atom is 0.324 e. The van der Waals surface area contributed by atoms with E-state index in [-0.39, 0.29) is 11.8 Å². The fourth-order valence-corrected chi connectivity index (χ4v) is 3.75.